The lowest BCUT2D eigenvalue weighted by Gasteiger charge is -2.45. The predicted octanol–water partition coefficient (Wildman–Crippen LogP) is 3.23. The average Bonchev–Trinajstić information content (AvgIpc) is 3.00. The maximum Gasteiger partial charge on any atom is 0.410 e. The molecule has 0 radical (unpaired) electrons. The summed E-state index contributed by atoms with van der Waals surface area (Å²) in [7, 11) is 0. The summed E-state index contributed by atoms with van der Waals surface area (Å²) >= 11 is 0. The number of piperidine rings is 1. The molecule has 0 aliphatic carbocycles. The Labute approximate surface area is 153 Å². The molecule has 2 aliphatic heterocycles. The summed E-state index contributed by atoms with van der Waals surface area (Å²) in [5.41, 5.74) is 0.0746. The maximum atomic E-state index is 13.4. The van der Waals surface area contributed by atoms with Crippen LogP contribution >= 0.6 is 0 Å². The van der Waals surface area contributed by atoms with E-state index in [9.17, 15) is 14.0 Å². The second-order valence-corrected chi connectivity index (χ2v) is 8.26. The van der Waals surface area contributed by atoms with E-state index in [4.69, 9.17) is 4.74 Å². The number of nitrogens with zero attached hydrogens (tertiary/aromatic N) is 1. The third kappa shape index (κ3) is 3.69. The van der Waals surface area contributed by atoms with Crippen molar-refractivity contribution < 1.29 is 18.7 Å². The number of benzene rings is 1. The Morgan fingerprint density at radius 1 is 1.23 bits per heavy atom. The number of likely N-dealkylation sites (tertiary alicyclic amines) is 1. The van der Waals surface area contributed by atoms with Crippen molar-refractivity contribution >= 4 is 12.0 Å². The number of amides is 2. The van der Waals surface area contributed by atoms with Gasteiger partial charge in [0.2, 0.25) is 5.91 Å². The molecule has 1 N–H and O–H groups in total. The van der Waals surface area contributed by atoms with Crippen LogP contribution in [0.5, 0.6) is 0 Å². The van der Waals surface area contributed by atoms with Crippen LogP contribution in [0.4, 0.5) is 9.18 Å². The molecule has 1 aromatic rings. The van der Waals surface area contributed by atoms with Crippen molar-refractivity contribution in [1.29, 1.82) is 0 Å². The molecule has 1 aromatic carbocycles. The van der Waals surface area contributed by atoms with E-state index in [0.717, 1.165) is 12.0 Å². The number of hydrogen-bond acceptors (Lipinski definition) is 3. The SMILES string of the molecule is CC(C)(C)OC(=O)N1CCC(c2ccc(F)cc2)(C2CCNC2=O)CC1. The van der Waals surface area contributed by atoms with E-state index >= 15 is 0 Å². The Balaban J connectivity index is 1.82. The van der Waals surface area contributed by atoms with Gasteiger partial charge in [-0.05, 0) is 57.7 Å². The van der Waals surface area contributed by atoms with Crippen molar-refractivity contribution in [2.75, 3.05) is 19.6 Å². The largest absolute Gasteiger partial charge is 0.444 e. The molecule has 0 spiro atoms. The fourth-order valence-corrected chi connectivity index (χ4v) is 4.16. The number of carbonyl (C=O) groups is 2. The van der Waals surface area contributed by atoms with E-state index in [1.54, 1.807) is 17.0 Å². The Hall–Kier alpha value is -2.11. The second kappa shape index (κ2) is 6.89. The number of rotatable bonds is 2. The van der Waals surface area contributed by atoms with Crippen molar-refractivity contribution in [2.45, 2.75) is 51.0 Å². The first-order chi connectivity index (χ1) is 12.2. The molecule has 2 saturated heterocycles. The van der Waals surface area contributed by atoms with Gasteiger partial charge in [0.1, 0.15) is 11.4 Å². The van der Waals surface area contributed by atoms with E-state index in [2.05, 4.69) is 5.32 Å². The highest BCUT2D eigenvalue weighted by molar-refractivity contribution is 5.82. The molecule has 2 heterocycles. The monoisotopic (exact) mass is 362 g/mol. The fraction of sp³-hybridized carbons (Fsp3) is 0.600. The number of hydrogen-bond donors (Lipinski definition) is 1. The van der Waals surface area contributed by atoms with Gasteiger partial charge in [0.15, 0.2) is 0 Å². The quantitative estimate of drug-likeness (QED) is 0.879. The minimum Gasteiger partial charge on any atom is -0.444 e. The van der Waals surface area contributed by atoms with Crippen molar-refractivity contribution in [1.82, 2.24) is 10.2 Å². The first-order valence-corrected chi connectivity index (χ1v) is 9.23. The van der Waals surface area contributed by atoms with Gasteiger partial charge in [-0.3, -0.25) is 4.79 Å². The molecule has 142 valence electrons. The zero-order chi connectivity index (χ0) is 18.9. The zero-order valence-corrected chi connectivity index (χ0v) is 15.7. The van der Waals surface area contributed by atoms with E-state index in [1.807, 2.05) is 20.8 Å². The number of nitrogens with one attached hydrogen (secondary N) is 1. The standard InChI is InChI=1S/C20H27FN2O3/c1-19(2,3)26-18(25)23-12-9-20(10-13-23,16-8-11-22-17(16)24)14-4-6-15(21)7-5-14/h4-7,16H,8-13H2,1-3H3,(H,22,24). The molecule has 6 heteroatoms. The normalized spacial score (nSPS) is 22.8. The van der Waals surface area contributed by atoms with Crippen molar-refractivity contribution in [3.63, 3.8) is 0 Å². The van der Waals surface area contributed by atoms with Crippen molar-refractivity contribution in [2.24, 2.45) is 5.92 Å². The van der Waals surface area contributed by atoms with Gasteiger partial charge in [-0.25, -0.2) is 9.18 Å². The second-order valence-electron chi connectivity index (χ2n) is 8.26. The molecule has 5 nitrogen and oxygen atoms in total. The molecule has 0 bridgehead atoms. The molecule has 1 atom stereocenters. The van der Waals surface area contributed by atoms with Gasteiger partial charge in [0.25, 0.3) is 0 Å². The highest BCUT2D eigenvalue weighted by Gasteiger charge is 2.48. The molecule has 26 heavy (non-hydrogen) atoms. The number of carbonyl (C=O) groups excluding carboxylic acids is 2. The molecular formula is C20H27FN2O3. The third-order valence-electron chi connectivity index (χ3n) is 5.44. The molecule has 0 aromatic heterocycles. The first-order valence-electron chi connectivity index (χ1n) is 9.23. The van der Waals surface area contributed by atoms with Crippen LogP contribution in [-0.4, -0.2) is 42.1 Å². The van der Waals surface area contributed by atoms with E-state index in [0.29, 0.717) is 32.5 Å². The van der Waals surface area contributed by atoms with Crippen LogP contribution in [0.1, 0.15) is 45.6 Å². The minimum absolute atomic E-state index is 0.0556. The van der Waals surface area contributed by atoms with E-state index < -0.39 is 5.60 Å². The Morgan fingerprint density at radius 2 is 1.85 bits per heavy atom. The van der Waals surface area contributed by atoms with Crippen molar-refractivity contribution in [3.05, 3.63) is 35.6 Å². The highest BCUT2D eigenvalue weighted by Crippen LogP contribution is 2.45. The summed E-state index contributed by atoms with van der Waals surface area (Å²) in [5.74, 6) is -0.375. The molecule has 2 aliphatic rings. The topological polar surface area (TPSA) is 58.6 Å². The fourth-order valence-electron chi connectivity index (χ4n) is 4.16. The summed E-state index contributed by atoms with van der Waals surface area (Å²) in [5, 5.41) is 2.92. The van der Waals surface area contributed by atoms with Crippen LogP contribution in [0.3, 0.4) is 0 Å². The lowest BCUT2D eigenvalue weighted by molar-refractivity contribution is -0.125. The lowest BCUT2D eigenvalue weighted by atomic mass is 9.64. The molecule has 2 fully saturated rings. The van der Waals surface area contributed by atoms with Gasteiger partial charge in [-0.2, -0.15) is 0 Å². The van der Waals surface area contributed by atoms with Gasteiger partial charge in [0, 0.05) is 31.0 Å². The molecular weight excluding hydrogens is 335 g/mol. The zero-order valence-electron chi connectivity index (χ0n) is 15.7. The third-order valence-corrected chi connectivity index (χ3v) is 5.44. The van der Waals surface area contributed by atoms with Crippen LogP contribution in [0.2, 0.25) is 0 Å². The van der Waals surface area contributed by atoms with Crippen LogP contribution < -0.4 is 5.32 Å². The van der Waals surface area contributed by atoms with E-state index in [-0.39, 0.29) is 29.2 Å². The summed E-state index contributed by atoms with van der Waals surface area (Å²) < 4.78 is 18.9. The van der Waals surface area contributed by atoms with Crippen LogP contribution in [-0.2, 0) is 14.9 Å². The molecule has 1 unspecified atom stereocenters. The molecule has 0 saturated carbocycles. The van der Waals surface area contributed by atoms with Gasteiger partial charge < -0.3 is 15.0 Å². The van der Waals surface area contributed by atoms with Crippen molar-refractivity contribution in [3.8, 4) is 0 Å². The minimum atomic E-state index is -0.534. The number of halogens is 1. The van der Waals surface area contributed by atoms with Crippen LogP contribution in [0.15, 0.2) is 24.3 Å². The Morgan fingerprint density at radius 3 is 2.35 bits per heavy atom. The molecule has 2 amide bonds. The summed E-state index contributed by atoms with van der Waals surface area (Å²) in [6, 6.07) is 6.46. The summed E-state index contributed by atoms with van der Waals surface area (Å²) in [6.45, 7) is 7.26. The molecule has 3 rings (SSSR count). The average molecular weight is 362 g/mol. The van der Waals surface area contributed by atoms with Crippen LogP contribution in [0, 0.1) is 11.7 Å². The highest BCUT2D eigenvalue weighted by atomic mass is 19.1. The number of ether oxygens (including phenoxy) is 1. The summed E-state index contributed by atoms with van der Waals surface area (Å²) in [6.07, 6.45) is 1.77. The summed E-state index contributed by atoms with van der Waals surface area (Å²) in [4.78, 5) is 26.5. The van der Waals surface area contributed by atoms with Gasteiger partial charge >= 0.3 is 6.09 Å². The van der Waals surface area contributed by atoms with Gasteiger partial charge in [-0.1, -0.05) is 12.1 Å². The van der Waals surface area contributed by atoms with Crippen LogP contribution in [0.25, 0.3) is 0 Å². The van der Waals surface area contributed by atoms with Gasteiger partial charge in [0.05, 0.1) is 0 Å². The Kier molecular flexibility index (Phi) is 4.95. The maximum absolute atomic E-state index is 13.4. The smallest absolute Gasteiger partial charge is 0.410 e. The Bertz CT molecular complexity index is 673. The first kappa shape index (κ1) is 18.7. The predicted molar refractivity (Wildman–Crippen MR) is 96.2 cm³/mol. The van der Waals surface area contributed by atoms with E-state index in [1.165, 1.54) is 12.1 Å². The lowest BCUT2D eigenvalue weighted by Crippen LogP contribution is -2.51. The van der Waals surface area contributed by atoms with Gasteiger partial charge in [-0.15, -0.1) is 0 Å².